The predicted molar refractivity (Wildman–Crippen MR) is 85.0 cm³/mol. The van der Waals surface area contributed by atoms with Gasteiger partial charge in [-0.05, 0) is 25.0 Å². The molecule has 6 heteroatoms. The zero-order valence-electron chi connectivity index (χ0n) is 12.7. The van der Waals surface area contributed by atoms with Crippen molar-refractivity contribution in [3.8, 4) is 5.75 Å². The maximum absolute atomic E-state index is 12.1. The van der Waals surface area contributed by atoms with E-state index in [1.54, 1.807) is 12.1 Å². The molecule has 1 heterocycles. The minimum atomic E-state index is -0.0158. The lowest BCUT2D eigenvalue weighted by Crippen LogP contribution is -2.46. The Morgan fingerprint density at radius 3 is 2.64 bits per heavy atom. The van der Waals surface area contributed by atoms with Gasteiger partial charge in [-0.25, -0.2) is 0 Å². The average molecular weight is 325 g/mol. The van der Waals surface area contributed by atoms with E-state index in [2.05, 4.69) is 5.32 Å². The van der Waals surface area contributed by atoms with Crippen LogP contribution >= 0.6 is 11.6 Å². The highest BCUT2D eigenvalue weighted by atomic mass is 35.5. The first-order valence-corrected chi connectivity index (χ1v) is 7.86. The molecule has 0 bridgehead atoms. The molecule has 22 heavy (non-hydrogen) atoms. The molecule has 0 saturated carbocycles. The number of hydrogen-bond donors (Lipinski definition) is 1. The molecule has 1 aliphatic rings. The van der Waals surface area contributed by atoms with Crippen LogP contribution in [0.4, 0.5) is 0 Å². The predicted octanol–water partition coefficient (Wildman–Crippen LogP) is 2.24. The van der Waals surface area contributed by atoms with E-state index in [1.165, 1.54) is 6.92 Å². The van der Waals surface area contributed by atoms with Gasteiger partial charge in [-0.3, -0.25) is 9.59 Å². The molecule has 5 nitrogen and oxygen atoms in total. The standard InChI is InChI=1S/C16H21ClN2O3/c1-12(20)18-13-6-9-19(10-7-13)16(21)8-11-22-15-5-3-2-4-14(15)17/h2-5,13H,6-11H2,1H3,(H,18,20). The second-order valence-corrected chi connectivity index (χ2v) is 5.79. The van der Waals surface area contributed by atoms with Crippen LogP contribution in [0, 0.1) is 0 Å². The number of halogens is 1. The first-order chi connectivity index (χ1) is 10.6. The summed E-state index contributed by atoms with van der Waals surface area (Å²) < 4.78 is 5.54. The summed E-state index contributed by atoms with van der Waals surface area (Å²) in [6, 6.07) is 7.40. The van der Waals surface area contributed by atoms with Crippen LogP contribution in [0.15, 0.2) is 24.3 Å². The van der Waals surface area contributed by atoms with Crippen molar-refractivity contribution in [1.82, 2.24) is 10.2 Å². The van der Waals surface area contributed by atoms with Gasteiger partial charge in [0.15, 0.2) is 0 Å². The summed E-state index contributed by atoms with van der Waals surface area (Å²) in [6.45, 7) is 3.18. The summed E-state index contributed by atoms with van der Waals surface area (Å²) in [5.74, 6) is 0.660. The van der Waals surface area contributed by atoms with E-state index < -0.39 is 0 Å². The van der Waals surface area contributed by atoms with E-state index in [0.29, 0.717) is 36.9 Å². The summed E-state index contributed by atoms with van der Waals surface area (Å²) in [6.07, 6.45) is 1.93. The number of rotatable bonds is 5. The van der Waals surface area contributed by atoms with Gasteiger partial charge in [0.25, 0.3) is 0 Å². The Kier molecular flexibility index (Phi) is 6.07. The Morgan fingerprint density at radius 2 is 2.00 bits per heavy atom. The highest BCUT2D eigenvalue weighted by Crippen LogP contribution is 2.23. The van der Waals surface area contributed by atoms with Gasteiger partial charge in [-0.15, -0.1) is 0 Å². The summed E-state index contributed by atoms with van der Waals surface area (Å²) in [5, 5.41) is 3.44. The molecular weight excluding hydrogens is 304 g/mol. The van der Waals surface area contributed by atoms with Crippen molar-refractivity contribution < 1.29 is 14.3 Å². The number of likely N-dealkylation sites (tertiary alicyclic amines) is 1. The summed E-state index contributed by atoms with van der Waals surface area (Å²) in [4.78, 5) is 25.0. The number of carbonyl (C=O) groups excluding carboxylic acids is 2. The van der Waals surface area contributed by atoms with Gasteiger partial charge in [-0.1, -0.05) is 23.7 Å². The Labute approximate surface area is 135 Å². The van der Waals surface area contributed by atoms with Crippen molar-refractivity contribution in [1.29, 1.82) is 0 Å². The Morgan fingerprint density at radius 1 is 1.32 bits per heavy atom. The lowest BCUT2D eigenvalue weighted by Gasteiger charge is -2.32. The van der Waals surface area contributed by atoms with Crippen LogP contribution in [0.5, 0.6) is 5.75 Å². The van der Waals surface area contributed by atoms with Crippen LogP contribution in [0.25, 0.3) is 0 Å². The topological polar surface area (TPSA) is 58.6 Å². The number of piperidine rings is 1. The van der Waals surface area contributed by atoms with E-state index in [4.69, 9.17) is 16.3 Å². The number of amides is 2. The second kappa shape index (κ2) is 8.03. The monoisotopic (exact) mass is 324 g/mol. The Hall–Kier alpha value is -1.75. The lowest BCUT2D eigenvalue weighted by molar-refractivity contribution is -0.132. The molecule has 0 unspecified atom stereocenters. The van der Waals surface area contributed by atoms with Gasteiger partial charge in [0.1, 0.15) is 5.75 Å². The number of benzene rings is 1. The zero-order valence-corrected chi connectivity index (χ0v) is 13.4. The van der Waals surface area contributed by atoms with Crippen molar-refractivity contribution in [3.05, 3.63) is 29.3 Å². The third-order valence-electron chi connectivity index (χ3n) is 3.67. The SMILES string of the molecule is CC(=O)NC1CCN(C(=O)CCOc2ccccc2Cl)CC1. The van der Waals surface area contributed by atoms with E-state index in [0.717, 1.165) is 12.8 Å². The molecule has 120 valence electrons. The molecule has 1 aliphatic heterocycles. The van der Waals surface area contributed by atoms with Crippen LogP contribution in [0.3, 0.4) is 0 Å². The molecule has 0 radical (unpaired) electrons. The fraction of sp³-hybridized carbons (Fsp3) is 0.500. The molecule has 1 aromatic carbocycles. The van der Waals surface area contributed by atoms with Crippen LogP contribution < -0.4 is 10.1 Å². The maximum Gasteiger partial charge on any atom is 0.225 e. The highest BCUT2D eigenvalue weighted by molar-refractivity contribution is 6.32. The molecule has 1 N–H and O–H groups in total. The summed E-state index contributed by atoms with van der Waals surface area (Å²) in [7, 11) is 0. The molecule has 0 aliphatic carbocycles. The van der Waals surface area contributed by atoms with E-state index in [1.807, 2.05) is 17.0 Å². The number of nitrogens with one attached hydrogen (secondary N) is 1. The summed E-state index contributed by atoms with van der Waals surface area (Å²) >= 11 is 5.99. The normalized spacial score (nSPS) is 15.5. The van der Waals surface area contributed by atoms with Crippen molar-refractivity contribution in [2.45, 2.75) is 32.2 Å². The number of carbonyl (C=O) groups is 2. The van der Waals surface area contributed by atoms with Crippen LogP contribution in [0.1, 0.15) is 26.2 Å². The van der Waals surface area contributed by atoms with Crippen LogP contribution in [-0.2, 0) is 9.59 Å². The third kappa shape index (κ3) is 4.91. The number of hydrogen-bond acceptors (Lipinski definition) is 3. The first-order valence-electron chi connectivity index (χ1n) is 7.48. The number of ether oxygens (including phenoxy) is 1. The van der Waals surface area contributed by atoms with Gasteiger partial charge in [0.05, 0.1) is 18.1 Å². The molecule has 0 atom stereocenters. The van der Waals surface area contributed by atoms with Crippen LogP contribution in [0.2, 0.25) is 5.02 Å². The number of para-hydroxylation sites is 1. The maximum atomic E-state index is 12.1. The second-order valence-electron chi connectivity index (χ2n) is 5.38. The fourth-order valence-electron chi connectivity index (χ4n) is 2.53. The summed E-state index contributed by atoms with van der Waals surface area (Å²) in [5.41, 5.74) is 0. The smallest absolute Gasteiger partial charge is 0.225 e. The molecular formula is C16H21ClN2O3. The van der Waals surface area contributed by atoms with Crippen molar-refractivity contribution >= 4 is 23.4 Å². The zero-order chi connectivity index (χ0) is 15.9. The van der Waals surface area contributed by atoms with Gasteiger partial charge >= 0.3 is 0 Å². The molecule has 1 fully saturated rings. The van der Waals surface area contributed by atoms with E-state index >= 15 is 0 Å². The van der Waals surface area contributed by atoms with Gasteiger partial charge < -0.3 is 15.0 Å². The van der Waals surface area contributed by atoms with E-state index in [9.17, 15) is 9.59 Å². The fourth-order valence-corrected chi connectivity index (χ4v) is 2.72. The quantitative estimate of drug-likeness (QED) is 0.903. The Balaban J connectivity index is 1.70. The number of nitrogens with zero attached hydrogens (tertiary/aromatic N) is 1. The minimum Gasteiger partial charge on any atom is -0.491 e. The van der Waals surface area contributed by atoms with Crippen LogP contribution in [-0.4, -0.2) is 42.5 Å². The Bertz CT molecular complexity index is 528. The van der Waals surface area contributed by atoms with Crippen molar-refractivity contribution in [3.63, 3.8) is 0 Å². The molecule has 0 aromatic heterocycles. The average Bonchev–Trinajstić information content (AvgIpc) is 2.49. The molecule has 0 spiro atoms. The third-order valence-corrected chi connectivity index (χ3v) is 3.98. The molecule has 2 rings (SSSR count). The van der Waals surface area contributed by atoms with E-state index in [-0.39, 0.29) is 17.9 Å². The lowest BCUT2D eigenvalue weighted by atomic mass is 10.0. The first kappa shape index (κ1) is 16.6. The van der Waals surface area contributed by atoms with Gasteiger partial charge in [0, 0.05) is 26.1 Å². The van der Waals surface area contributed by atoms with Crippen molar-refractivity contribution in [2.24, 2.45) is 0 Å². The molecule has 1 saturated heterocycles. The minimum absolute atomic E-state index is 0.0158. The highest BCUT2D eigenvalue weighted by Gasteiger charge is 2.22. The molecule has 2 amide bonds. The molecule has 1 aromatic rings. The van der Waals surface area contributed by atoms with Crippen molar-refractivity contribution in [2.75, 3.05) is 19.7 Å². The van der Waals surface area contributed by atoms with Gasteiger partial charge in [-0.2, -0.15) is 0 Å². The van der Waals surface area contributed by atoms with Gasteiger partial charge in [0.2, 0.25) is 11.8 Å². The largest absolute Gasteiger partial charge is 0.491 e.